The van der Waals surface area contributed by atoms with E-state index >= 15 is 4.39 Å². The fraction of sp³-hybridized carbons (Fsp3) is 0.323. The summed E-state index contributed by atoms with van der Waals surface area (Å²) in [5.41, 5.74) is -0.0136. The molecule has 41 heavy (non-hydrogen) atoms. The van der Waals surface area contributed by atoms with E-state index in [0.29, 0.717) is 53.3 Å². The number of halogens is 2. The molecule has 0 bridgehead atoms. The van der Waals surface area contributed by atoms with Crippen molar-refractivity contribution in [2.24, 2.45) is 5.41 Å². The first-order valence-electron chi connectivity index (χ1n) is 13.6. The Hall–Kier alpha value is -4.47. The van der Waals surface area contributed by atoms with E-state index in [1.807, 2.05) is 0 Å². The molecule has 2 N–H and O–H groups in total. The zero-order chi connectivity index (χ0) is 29.0. The van der Waals surface area contributed by atoms with Crippen molar-refractivity contribution in [3.8, 4) is 23.0 Å². The molecule has 0 saturated heterocycles. The van der Waals surface area contributed by atoms with E-state index in [1.54, 1.807) is 30.5 Å². The van der Waals surface area contributed by atoms with Crippen molar-refractivity contribution in [3.05, 3.63) is 72.3 Å². The maximum atomic E-state index is 15.1. The average Bonchev–Trinajstić information content (AvgIpc) is 3.78. The number of hydrogen-bond acceptors (Lipinski definition) is 6. The van der Waals surface area contributed by atoms with Crippen molar-refractivity contribution in [2.75, 3.05) is 19.0 Å². The third kappa shape index (κ3) is 6.16. The zero-order valence-electron chi connectivity index (χ0n) is 22.8. The average molecular weight is 564 g/mol. The van der Waals surface area contributed by atoms with E-state index < -0.39 is 29.2 Å². The van der Waals surface area contributed by atoms with Gasteiger partial charge in [0.15, 0.2) is 23.1 Å². The molecule has 2 aliphatic carbocycles. The van der Waals surface area contributed by atoms with Crippen LogP contribution in [0.5, 0.6) is 23.0 Å². The van der Waals surface area contributed by atoms with Gasteiger partial charge in [-0.05, 0) is 55.7 Å². The number of alkyl halides is 1. The predicted octanol–water partition coefficient (Wildman–Crippen LogP) is 6.37. The summed E-state index contributed by atoms with van der Waals surface area (Å²) >= 11 is 0. The van der Waals surface area contributed by atoms with Gasteiger partial charge in [-0.15, -0.1) is 0 Å². The van der Waals surface area contributed by atoms with E-state index in [-0.39, 0.29) is 17.9 Å². The monoisotopic (exact) mass is 563 g/mol. The molecule has 1 heterocycles. The molecule has 214 valence electrons. The molecule has 0 spiro atoms. The highest BCUT2D eigenvalue weighted by atomic mass is 19.1. The summed E-state index contributed by atoms with van der Waals surface area (Å²) in [5.74, 6) is -0.329. The summed E-state index contributed by atoms with van der Waals surface area (Å²) in [6.07, 6.45) is 7.67. The Balaban J connectivity index is 1.28. The number of nitrogens with zero attached hydrogens (tertiary/aromatic N) is 1. The summed E-state index contributed by atoms with van der Waals surface area (Å²) in [4.78, 5) is 30.2. The van der Waals surface area contributed by atoms with Gasteiger partial charge in [0, 0.05) is 41.5 Å². The molecule has 8 nitrogen and oxygen atoms in total. The minimum atomic E-state index is -1.25. The second-order valence-corrected chi connectivity index (χ2v) is 10.0. The number of unbranched alkanes of at least 4 members (excludes halogenated alkanes) is 1. The summed E-state index contributed by atoms with van der Waals surface area (Å²) < 4.78 is 45.6. The number of aromatic nitrogens is 1. The fourth-order valence-electron chi connectivity index (χ4n) is 4.47. The van der Waals surface area contributed by atoms with Crippen molar-refractivity contribution in [3.63, 3.8) is 0 Å². The number of carbonyl (C=O) groups is 2. The minimum absolute atomic E-state index is 0.0567. The molecule has 2 aliphatic rings. The molecule has 2 amide bonds. The van der Waals surface area contributed by atoms with Gasteiger partial charge in [0.1, 0.15) is 17.3 Å². The summed E-state index contributed by atoms with van der Waals surface area (Å²) in [7, 11) is 1.54. The number of ether oxygens (including phenoxy) is 3. The van der Waals surface area contributed by atoms with Crippen LogP contribution in [0.4, 0.5) is 14.5 Å². The zero-order valence-corrected chi connectivity index (χ0v) is 22.8. The van der Waals surface area contributed by atoms with Crippen molar-refractivity contribution < 1.29 is 32.6 Å². The van der Waals surface area contributed by atoms with Gasteiger partial charge in [-0.1, -0.05) is 19.4 Å². The van der Waals surface area contributed by atoms with Crippen LogP contribution in [0.1, 0.15) is 39.0 Å². The van der Waals surface area contributed by atoms with Gasteiger partial charge < -0.3 is 24.8 Å². The molecule has 3 aromatic rings. The number of hydrogen-bond donors (Lipinski definition) is 2. The highest BCUT2D eigenvalue weighted by Gasteiger charge is 2.56. The van der Waals surface area contributed by atoms with E-state index in [0.717, 1.165) is 18.9 Å². The first kappa shape index (κ1) is 28.1. The van der Waals surface area contributed by atoms with Crippen LogP contribution in [-0.2, 0) is 9.59 Å². The van der Waals surface area contributed by atoms with Gasteiger partial charge in [0.2, 0.25) is 11.8 Å². The second-order valence-electron chi connectivity index (χ2n) is 10.0. The highest BCUT2D eigenvalue weighted by Crippen LogP contribution is 2.47. The van der Waals surface area contributed by atoms with Crippen molar-refractivity contribution >= 4 is 28.4 Å². The number of fused-ring (bicyclic) bond motifs is 1. The van der Waals surface area contributed by atoms with Gasteiger partial charge in [0.25, 0.3) is 0 Å². The van der Waals surface area contributed by atoms with Crippen LogP contribution in [0.2, 0.25) is 0 Å². The van der Waals surface area contributed by atoms with Crippen LogP contribution in [0.25, 0.3) is 10.9 Å². The Morgan fingerprint density at radius 1 is 1.05 bits per heavy atom. The Bertz CT molecular complexity index is 1530. The Labute approximate surface area is 236 Å². The van der Waals surface area contributed by atoms with E-state index in [9.17, 15) is 14.0 Å². The molecule has 10 heteroatoms. The normalized spacial score (nSPS) is 17.0. The molecular weight excluding hydrogens is 532 g/mol. The van der Waals surface area contributed by atoms with Crippen LogP contribution in [0.3, 0.4) is 0 Å². The Kier molecular flexibility index (Phi) is 8.19. The Morgan fingerprint density at radius 3 is 2.54 bits per heavy atom. The number of rotatable bonds is 11. The van der Waals surface area contributed by atoms with E-state index in [1.165, 1.54) is 31.4 Å². The molecule has 1 unspecified atom stereocenters. The molecule has 0 aliphatic heterocycles. The third-order valence-corrected chi connectivity index (χ3v) is 7.08. The number of amides is 2. The largest absolute Gasteiger partial charge is 0.493 e. The lowest BCUT2D eigenvalue weighted by Gasteiger charge is -2.18. The van der Waals surface area contributed by atoms with Crippen molar-refractivity contribution in [2.45, 2.75) is 45.2 Å². The van der Waals surface area contributed by atoms with Crippen LogP contribution in [0, 0.1) is 11.2 Å². The van der Waals surface area contributed by atoms with Crippen LogP contribution in [0.15, 0.2) is 66.5 Å². The molecule has 5 rings (SSSR count). The molecule has 2 aromatic carbocycles. The molecule has 0 radical (unpaired) electrons. The maximum Gasteiger partial charge on any atom is 0.240 e. The van der Waals surface area contributed by atoms with Crippen molar-refractivity contribution in [1.82, 2.24) is 10.3 Å². The summed E-state index contributed by atoms with van der Waals surface area (Å²) in [6, 6.07) is 9.16. The molecule has 1 aromatic heterocycles. The SMILES string of the molecule is CCCCOc1cc2nccc(Oc3ccc(NC(=O)C4(C(=O)NC5=CCC(F)C=C5)CC4)cc3F)c2cc1OC. The number of anilines is 1. The van der Waals surface area contributed by atoms with E-state index in [2.05, 4.69) is 22.5 Å². The van der Waals surface area contributed by atoms with E-state index in [4.69, 9.17) is 14.2 Å². The highest BCUT2D eigenvalue weighted by molar-refractivity contribution is 6.13. The fourth-order valence-corrected chi connectivity index (χ4v) is 4.47. The lowest BCUT2D eigenvalue weighted by atomic mass is 10.0. The third-order valence-electron chi connectivity index (χ3n) is 7.08. The molecule has 1 fully saturated rings. The number of pyridine rings is 1. The summed E-state index contributed by atoms with van der Waals surface area (Å²) in [5, 5.41) is 5.93. The topological polar surface area (TPSA) is 98.8 Å². The molecule has 1 atom stereocenters. The smallest absolute Gasteiger partial charge is 0.240 e. The second kappa shape index (κ2) is 12.0. The first-order valence-corrected chi connectivity index (χ1v) is 13.6. The maximum absolute atomic E-state index is 15.1. The van der Waals surface area contributed by atoms with Crippen molar-refractivity contribution in [1.29, 1.82) is 0 Å². The van der Waals surface area contributed by atoms with Gasteiger partial charge in [0.05, 0.1) is 19.2 Å². The Morgan fingerprint density at radius 2 is 1.85 bits per heavy atom. The van der Waals surface area contributed by atoms with Gasteiger partial charge in [-0.25, -0.2) is 8.78 Å². The van der Waals surface area contributed by atoms with Gasteiger partial charge in [-0.2, -0.15) is 0 Å². The molecule has 1 saturated carbocycles. The summed E-state index contributed by atoms with van der Waals surface area (Å²) in [6.45, 7) is 2.62. The standard InChI is InChI=1S/C31H31F2N3O5/c1-3-4-15-40-28-18-24-22(17-27(28)39-2)25(11-14-34-24)41-26-10-9-21(16-23(26)33)36-30(38)31(12-13-31)29(37)35-20-7-5-19(32)6-8-20/h5,7-11,14,16-19H,3-4,6,12-13,15H2,1-2H3,(H,35,37)(H,36,38). The van der Waals surface area contributed by atoms with Gasteiger partial charge in [-0.3, -0.25) is 14.6 Å². The van der Waals surface area contributed by atoms with Crippen LogP contribution >= 0.6 is 0 Å². The van der Waals surface area contributed by atoms with Crippen LogP contribution in [-0.4, -0.2) is 36.7 Å². The lowest BCUT2D eigenvalue weighted by molar-refractivity contribution is -0.133. The number of nitrogens with one attached hydrogen (secondary N) is 2. The van der Waals surface area contributed by atoms with Gasteiger partial charge >= 0.3 is 0 Å². The quantitative estimate of drug-likeness (QED) is 0.208. The number of benzene rings is 2. The number of methoxy groups -OCH3 is 1. The minimum Gasteiger partial charge on any atom is -0.493 e. The lowest BCUT2D eigenvalue weighted by Crippen LogP contribution is -2.39. The van der Waals surface area contributed by atoms with Crippen LogP contribution < -0.4 is 24.8 Å². The molecular formula is C31H31F2N3O5. The number of carbonyl (C=O) groups excluding carboxylic acids is 2. The first-order chi connectivity index (χ1) is 19.8. The number of allylic oxidation sites excluding steroid dienone is 3. The predicted molar refractivity (Wildman–Crippen MR) is 150 cm³/mol.